The Morgan fingerprint density at radius 3 is 2.78 bits per heavy atom. The van der Waals surface area contributed by atoms with Crippen LogP contribution in [0.25, 0.3) is 0 Å². The van der Waals surface area contributed by atoms with Crippen molar-refractivity contribution in [2.24, 2.45) is 28.6 Å². The zero-order valence-corrected chi connectivity index (χ0v) is 21.0. The molecule has 198 valence electrons. The third kappa shape index (κ3) is 3.02. The molecule has 5 aliphatic rings. The van der Waals surface area contributed by atoms with E-state index < -0.39 is 58.3 Å². The SMILES string of the molecule is C[C@]12C=CC(=O)CC1=C(F)C[C@H]1[C@@H]3C[C@H]4CN(Cc5ccccn5)O[C@@]4(C(=O)CO)[C@@]3(C)C[C@H](O)[C@@]12F. The second-order valence-electron chi connectivity index (χ2n) is 11.9. The van der Waals surface area contributed by atoms with Crippen LogP contribution in [0, 0.1) is 28.6 Å². The molecule has 37 heavy (non-hydrogen) atoms. The fraction of sp³-hybridized carbons (Fsp3) is 0.607. The van der Waals surface area contributed by atoms with Crippen LogP contribution in [-0.4, -0.2) is 62.4 Å². The summed E-state index contributed by atoms with van der Waals surface area (Å²) in [4.78, 5) is 36.3. The monoisotopic (exact) mass is 514 g/mol. The maximum Gasteiger partial charge on any atom is 0.192 e. The first-order valence-corrected chi connectivity index (χ1v) is 13.0. The Balaban J connectivity index is 1.42. The Hall–Kier alpha value is -2.33. The number of carbonyl (C=O) groups excluding carboxylic acids is 2. The van der Waals surface area contributed by atoms with Crippen molar-refractivity contribution in [1.82, 2.24) is 10.0 Å². The van der Waals surface area contributed by atoms with Gasteiger partial charge in [-0.1, -0.05) is 19.1 Å². The highest BCUT2D eigenvalue weighted by atomic mass is 19.1. The summed E-state index contributed by atoms with van der Waals surface area (Å²) in [5, 5.41) is 23.2. The van der Waals surface area contributed by atoms with Crippen molar-refractivity contribution in [3.05, 3.63) is 53.6 Å². The molecule has 0 radical (unpaired) electrons. The molecule has 2 saturated carbocycles. The van der Waals surface area contributed by atoms with Crippen molar-refractivity contribution < 1.29 is 33.4 Å². The zero-order chi connectivity index (χ0) is 26.4. The van der Waals surface area contributed by atoms with E-state index >= 15 is 8.78 Å². The maximum atomic E-state index is 17.4. The third-order valence-corrected chi connectivity index (χ3v) is 10.3. The highest BCUT2D eigenvalue weighted by Crippen LogP contribution is 2.72. The summed E-state index contributed by atoms with van der Waals surface area (Å²) in [6, 6.07) is 5.51. The van der Waals surface area contributed by atoms with Crippen molar-refractivity contribution in [3.8, 4) is 0 Å². The van der Waals surface area contributed by atoms with Crippen LogP contribution >= 0.6 is 0 Å². The number of aromatic nitrogens is 1. The van der Waals surface area contributed by atoms with Crippen LogP contribution in [-0.2, 0) is 21.0 Å². The molecule has 0 amide bonds. The average molecular weight is 515 g/mol. The molecule has 3 fully saturated rings. The lowest BCUT2D eigenvalue weighted by Gasteiger charge is -2.62. The molecule has 0 unspecified atom stereocenters. The fourth-order valence-electron chi connectivity index (χ4n) is 8.68. The molecule has 4 aliphatic carbocycles. The quantitative estimate of drug-likeness (QED) is 0.637. The van der Waals surface area contributed by atoms with Gasteiger partial charge in [0.25, 0.3) is 0 Å². The summed E-state index contributed by atoms with van der Waals surface area (Å²) in [6.07, 6.45) is 2.72. The smallest absolute Gasteiger partial charge is 0.192 e. The van der Waals surface area contributed by atoms with Gasteiger partial charge in [0, 0.05) is 48.2 Å². The van der Waals surface area contributed by atoms with Gasteiger partial charge >= 0.3 is 0 Å². The summed E-state index contributed by atoms with van der Waals surface area (Å²) < 4.78 is 33.0. The predicted molar refractivity (Wildman–Crippen MR) is 128 cm³/mol. The lowest BCUT2D eigenvalue weighted by atomic mass is 9.45. The number of pyridine rings is 1. The number of aliphatic hydroxyl groups is 2. The highest BCUT2D eigenvalue weighted by molar-refractivity contribution is 5.94. The number of hydroxylamine groups is 2. The lowest BCUT2D eigenvalue weighted by molar-refractivity contribution is -0.267. The van der Waals surface area contributed by atoms with Gasteiger partial charge in [0.15, 0.2) is 22.8 Å². The standard InChI is InChI=1S/C28H32F2N2O5/c1-25-7-6-18(34)10-21(25)22(29)11-20-19-9-16-13-32(14-17-5-3-4-8-31-17)37-28(16,24(36)15-33)26(19,2)12-23(35)27(20,25)30/h3-8,16,19-20,23,33,35H,9-15H2,1-2H3/t16-,19-,20-,23-,25-,26-,27-,28-/m0/s1. The van der Waals surface area contributed by atoms with Crippen LogP contribution < -0.4 is 0 Å². The molecular formula is C28H32F2N2O5. The number of halogens is 2. The number of carbonyl (C=O) groups is 2. The number of allylic oxidation sites excluding steroid dienone is 4. The molecule has 0 bridgehead atoms. The van der Waals surface area contributed by atoms with Gasteiger partial charge in [0.2, 0.25) is 0 Å². The molecule has 2 N–H and O–H groups in total. The van der Waals surface area contributed by atoms with Gasteiger partial charge in [-0.2, -0.15) is 5.06 Å². The average Bonchev–Trinajstić information content (AvgIpc) is 3.34. The fourth-order valence-corrected chi connectivity index (χ4v) is 8.68. The third-order valence-electron chi connectivity index (χ3n) is 10.3. The van der Waals surface area contributed by atoms with E-state index in [1.54, 1.807) is 24.3 Å². The van der Waals surface area contributed by atoms with E-state index in [1.807, 2.05) is 19.1 Å². The first-order chi connectivity index (χ1) is 17.5. The number of hydrogen-bond acceptors (Lipinski definition) is 7. The van der Waals surface area contributed by atoms with E-state index in [0.29, 0.717) is 19.5 Å². The number of ketones is 2. The van der Waals surface area contributed by atoms with Crippen LogP contribution in [0.5, 0.6) is 0 Å². The number of aliphatic hydroxyl groups excluding tert-OH is 2. The zero-order valence-electron chi connectivity index (χ0n) is 21.0. The van der Waals surface area contributed by atoms with Crippen LogP contribution in [0.4, 0.5) is 8.78 Å². The molecule has 0 spiro atoms. The molecular weight excluding hydrogens is 482 g/mol. The summed E-state index contributed by atoms with van der Waals surface area (Å²) in [5.74, 6) is -3.07. The molecule has 2 heterocycles. The normalized spacial score (nSPS) is 44.9. The topological polar surface area (TPSA) is 100.0 Å². The Labute approximate surface area is 214 Å². The second kappa shape index (κ2) is 8.09. The summed E-state index contributed by atoms with van der Waals surface area (Å²) in [6.45, 7) is 3.33. The van der Waals surface area contributed by atoms with Gasteiger partial charge < -0.3 is 10.2 Å². The number of nitrogens with zero attached hydrogens (tertiary/aromatic N) is 2. The Morgan fingerprint density at radius 2 is 2.08 bits per heavy atom. The largest absolute Gasteiger partial charge is 0.390 e. The maximum absolute atomic E-state index is 17.4. The summed E-state index contributed by atoms with van der Waals surface area (Å²) in [7, 11) is 0. The number of hydrogen-bond donors (Lipinski definition) is 2. The molecule has 1 aromatic heterocycles. The molecule has 1 aliphatic heterocycles. The lowest BCUT2D eigenvalue weighted by Crippen LogP contribution is -2.69. The molecule has 1 saturated heterocycles. The molecule has 6 rings (SSSR count). The van der Waals surface area contributed by atoms with Crippen LogP contribution in [0.15, 0.2) is 47.9 Å². The molecule has 7 nitrogen and oxygen atoms in total. The number of rotatable bonds is 4. The Bertz CT molecular complexity index is 1220. The minimum absolute atomic E-state index is 0.0867. The minimum Gasteiger partial charge on any atom is -0.390 e. The van der Waals surface area contributed by atoms with Crippen molar-refractivity contribution in [3.63, 3.8) is 0 Å². The van der Waals surface area contributed by atoms with E-state index in [1.165, 1.54) is 12.2 Å². The minimum atomic E-state index is -2.21. The van der Waals surface area contributed by atoms with E-state index in [4.69, 9.17) is 4.84 Å². The molecule has 0 aromatic carbocycles. The molecule has 1 aromatic rings. The Morgan fingerprint density at radius 1 is 1.30 bits per heavy atom. The van der Waals surface area contributed by atoms with Crippen LogP contribution in [0.2, 0.25) is 0 Å². The van der Waals surface area contributed by atoms with Crippen molar-refractivity contribution >= 4 is 11.6 Å². The molecule has 8 atom stereocenters. The van der Waals surface area contributed by atoms with Crippen molar-refractivity contribution in [1.29, 1.82) is 0 Å². The van der Waals surface area contributed by atoms with Gasteiger partial charge in [-0.15, -0.1) is 0 Å². The first-order valence-electron chi connectivity index (χ1n) is 13.0. The van der Waals surface area contributed by atoms with Gasteiger partial charge in [0.05, 0.1) is 18.3 Å². The van der Waals surface area contributed by atoms with Crippen LogP contribution in [0.3, 0.4) is 0 Å². The van der Waals surface area contributed by atoms with Crippen LogP contribution in [0.1, 0.15) is 45.2 Å². The second-order valence-corrected chi connectivity index (χ2v) is 11.9. The summed E-state index contributed by atoms with van der Waals surface area (Å²) >= 11 is 0. The highest BCUT2D eigenvalue weighted by Gasteiger charge is 2.79. The predicted octanol–water partition coefficient (Wildman–Crippen LogP) is 3.02. The number of fused-ring (bicyclic) bond motifs is 7. The number of alkyl halides is 1. The van der Waals surface area contributed by atoms with E-state index in [9.17, 15) is 19.8 Å². The van der Waals surface area contributed by atoms with Crippen molar-refractivity contribution in [2.45, 2.75) is 63.4 Å². The summed E-state index contributed by atoms with van der Waals surface area (Å²) in [5.41, 5.74) is -5.33. The Kier molecular flexibility index (Phi) is 5.46. The van der Waals surface area contributed by atoms with Gasteiger partial charge in [-0.05, 0) is 49.5 Å². The van der Waals surface area contributed by atoms with E-state index in [0.717, 1.165) is 5.69 Å². The van der Waals surface area contributed by atoms with Gasteiger partial charge in [-0.3, -0.25) is 19.4 Å². The van der Waals surface area contributed by atoms with E-state index in [-0.39, 0.29) is 36.5 Å². The first kappa shape index (κ1) is 25.0. The van der Waals surface area contributed by atoms with E-state index in [2.05, 4.69) is 4.98 Å². The number of Topliss-reactive ketones (excluding diaryl/α,β-unsaturated/α-hetero) is 1. The van der Waals surface area contributed by atoms with Gasteiger partial charge in [0.1, 0.15) is 12.4 Å². The van der Waals surface area contributed by atoms with Crippen molar-refractivity contribution in [2.75, 3.05) is 13.2 Å². The van der Waals surface area contributed by atoms with Gasteiger partial charge in [-0.25, -0.2) is 8.78 Å². The molecule has 9 heteroatoms.